The monoisotopic (exact) mass is 458 g/mol. The zero-order chi connectivity index (χ0) is 22.9. The van der Waals surface area contributed by atoms with Crippen LogP contribution in [0.5, 0.6) is 11.6 Å². The molecule has 6 nitrogen and oxygen atoms in total. The topological polar surface area (TPSA) is 83.0 Å². The van der Waals surface area contributed by atoms with Gasteiger partial charge in [0.25, 0.3) is 0 Å². The number of phenols is 1. The second kappa shape index (κ2) is 8.48. The van der Waals surface area contributed by atoms with Gasteiger partial charge in [0.1, 0.15) is 11.6 Å². The van der Waals surface area contributed by atoms with Gasteiger partial charge in [-0.1, -0.05) is 23.8 Å². The second-order valence-corrected chi connectivity index (χ2v) is 8.51. The summed E-state index contributed by atoms with van der Waals surface area (Å²) in [5.41, 5.74) is 4.44. The molecule has 0 aliphatic carbocycles. The van der Waals surface area contributed by atoms with E-state index in [9.17, 15) is 14.6 Å². The molecule has 0 spiro atoms. The van der Waals surface area contributed by atoms with E-state index in [1.54, 1.807) is 34.9 Å². The number of phenolic OH excluding ortho intramolecular Hbond substituents is 1. The first-order valence-electron chi connectivity index (χ1n) is 10.2. The van der Waals surface area contributed by atoms with Crippen molar-refractivity contribution in [2.24, 2.45) is 10.2 Å². The summed E-state index contributed by atoms with van der Waals surface area (Å²) in [6.07, 6.45) is 0. The highest BCUT2D eigenvalue weighted by Crippen LogP contribution is 2.41. The number of aromatic nitrogens is 2. The average Bonchev–Trinajstić information content (AvgIpc) is 3.36. The maximum atomic E-state index is 13.7. The predicted octanol–water partition coefficient (Wildman–Crippen LogP) is 7.09. The third-order valence-electron chi connectivity index (χ3n) is 5.29. The highest BCUT2D eigenvalue weighted by Gasteiger charge is 2.17. The first-order chi connectivity index (χ1) is 16.0. The molecule has 5 rings (SSSR count). The van der Waals surface area contributed by atoms with E-state index >= 15 is 0 Å². The zero-order valence-corrected chi connectivity index (χ0v) is 18.4. The summed E-state index contributed by atoms with van der Waals surface area (Å²) in [5.74, 6) is -0.180. The molecule has 2 aromatic heterocycles. The number of nitrogens with zero attached hydrogens (tertiary/aromatic N) is 4. The van der Waals surface area contributed by atoms with Crippen molar-refractivity contribution in [2.75, 3.05) is 0 Å². The van der Waals surface area contributed by atoms with Crippen LogP contribution in [0.3, 0.4) is 0 Å². The highest BCUT2D eigenvalue weighted by atomic mass is 32.1. The molecule has 2 N–H and O–H groups in total. The maximum absolute atomic E-state index is 13.7. The molecule has 3 aromatic carbocycles. The minimum absolute atomic E-state index is 0.0427. The SMILES string of the molecule is Cc1ccc2c(c1)c(N=Nc1nc(-c3ccc(O)cc3)cs1)c(O)n2Cc1cccc(F)c1. The number of azo groups is 1. The largest absolute Gasteiger partial charge is 0.508 e. The molecule has 0 fully saturated rings. The van der Waals surface area contributed by atoms with Crippen LogP contribution in [-0.4, -0.2) is 19.8 Å². The lowest BCUT2D eigenvalue weighted by Gasteiger charge is -2.07. The Kier molecular flexibility index (Phi) is 5.35. The first kappa shape index (κ1) is 20.8. The molecule has 0 aliphatic heterocycles. The van der Waals surface area contributed by atoms with Gasteiger partial charge in [-0.3, -0.25) is 0 Å². The number of aromatic hydroxyl groups is 2. The van der Waals surface area contributed by atoms with Crippen molar-refractivity contribution in [3.8, 4) is 22.9 Å². The minimum Gasteiger partial charge on any atom is -0.508 e. The molecular weight excluding hydrogens is 439 g/mol. The Bertz CT molecular complexity index is 1490. The molecule has 0 saturated carbocycles. The van der Waals surface area contributed by atoms with Crippen LogP contribution in [0.1, 0.15) is 11.1 Å². The normalized spacial score (nSPS) is 11.6. The van der Waals surface area contributed by atoms with Crippen LogP contribution in [0.15, 0.2) is 82.3 Å². The van der Waals surface area contributed by atoms with Crippen LogP contribution in [0.2, 0.25) is 0 Å². The number of rotatable bonds is 5. The smallest absolute Gasteiger partial charge is 0.230 e. The Labute approximate surface area is 192 Å². The van der Waals surface area contributed by atoms with Crippen LogP contribution in [0.25, 0.3) is 22.2 Å². The molecule has 2 heterocycles. The molecule has 0 bridgehead atoms. The summed E-state index contributed by atoms with van der Waals surface area (Å²) in [5, 5.41) is 32.1. The fraction of sp³-hybridized carbons (Fsp3) is 0.0800. The van der Waals surface area contributed by atoms with Crippen molar-refractivity contribution < 1.29 is 14.6 Å². The molecule has 5 aromatic rings. The quantitative estimate of drug-likeness (QED) is 0.276. The number of hydrogen-bond donors (Lipinski definition) is 2. The molecule has 0 aliphatic rings. The van der Waals surface area contributed by atoms with E-state index in [1.165, 1.54) is 23.5 Å². The number of hydrogen-bond acceptors (Lipinski definition) is 6. The minimum atomic E-state index is -0.326. The standard InChI is InChI=1S/C25H19FN4O2S/c1-15-5-10-22-20(11-15)23(24(32)30(22)13-16-3-2-4-18(26)12-16)28-29-25-27-21(14-33-25)17-6-8-19(31)9-7-17/h2-12,14,31-32H,13H2,1H3. The Morgan fingerprint density at radius 2 is 1.82 bits per heavy atom. The number of benzene rings is 3. The van der Waals surface area contributed by atoms with Crippen molar-refractivity contribution in [1.29, 1.82) is 0 Å². The third kappa shape index (κ3) is 4.20. The van der Waals surface area contributed by atoms with Crippen LogP contribution in [0.4, 0.5) is 15.2 Å². The van der Waals surface area contributed by atoms with Crippen LogP contribution in [-0.2, 0) is 6.54 Å². The lowest BCUT2D eigenvalue weighted by atomic mass is 10.1. The first-order valence-corrected chi connectivity index (χ1v) is 11.1. The summed E-state index contributed by atoms with van der Waals surface area (Å²) >= 11 is 1.33. The summed E-state index contributed by atoms with van der Waals surface area (Å²) in [6.45, 7) is 2.26. The number of thiazole rings is 1. The van der Waals surface area contributed by atoms with E-state index < -0.39 is 0 Å². The summed E-state index contributed by atoms with van der Waals surface area (Å²) in [4.78, 5) is 4.48. The molecule has 164 valence electrons. The molecule has 33 heavy (non-hydrogen) atoms. The zero-order valence-electron chi connectivity index (χ0n) is 17.6. The number of aryl methyl sites for hydroxylation is 1. The lowest BCUT2D eigenvalue weighted by Crippen LogP contribution is -1.99. The fourth-order valence-electron chi connectivity index (χ4n) is 3.68. The van der Waals surface area contributed by atoms with E-state index in [2.05, 4.69) is 15.2 Å². The lowest BCUT2D eigenvalue weighted by molar-refractivity contribution is 0.429. The van der Waals surface area contributed by atoms with Gasteiger partial charge in [0.05, 0.1) is 17.8 Å². The Balaban J connectivity index is 1.52. The van der Waals surface area contributed by atoms with Crippen molar-refractivity contribution in [3.05, 3.63) is 89.1 Å². The van der Waals surface area contributed by atoms with Gasteiger partial charge < -0.3 is 14.8 Å². The maximum Gasteiger partial charge on any atom is 0.230 e. The number of halogens is 1. The van der Waals surface area contributed by atoms with Gasteiger partial charge >= 0.3 is 0 Å². The summed E-state index contributed by atoms with van der Waals surface area (Å²) < 4.78 is 15.4. The van der Waals surface area contributed by atoms with Crippen LogP contribution >= 0.6 is 11.3 Å². The van der Waals surface area contributed by atoms with Gasteiger partial charge in [0.2, 0.25) is 11.0 Å². The van der Waals surface area contributed by atoms with Gasteiger partial charge in [-0.25, -0.2) is 9.37 Å². The van der Waals surface area contributed by atoms with E-state index in [0.717, 1.165) is 33.3 Å². The Hall–Kier alpha value is -4.04. The van der Waals surface area contributed by atoms with Crippen LogP contribution < -0.4 is 0 Å². The van der Waals surface area contributed by atoms with Gasteiger partial charge in [0, 0.05) is 16.3 Å². The van der Waals surface area contributed by atoms with E-state index in [4.69, 9.17) is 0 Å². The van der Waals surface area contributed by atoms with Crippen LogP contribution in [0, 0.1) is 12.7 Å². The summed E-state index contributed by atoms with van der Waals surface area (Å²) in [6, 6.07) is 18.9. The van der Waals surface area contributed by atoms with Gasteiger partial charge in [-0.2, -0.15) is 0 Å². The number of fused-ring (bicyclic) bond motifs is 1. The molecule has 0 atom stereocenters. The van der Waals surface area contributed by atoms with E-state index in [-0.39, 0.29) is 17.4 Å². The second-order valence-electron chi connectivity index (χ2n) is 7.67. The van der Waals surface area contributed by atoms with Crippen molar-refractivity contribution in [3.63, 3.8) is 0 Å². The molecule has 0 saturated heterocycles. The Morgan fingerprint density at radius 1 is 1.00 bits per heavy atom. The molecular formula is C25H19FN4O2S. The molecule has 0 unspecified atom stereocenters. The molecule has 0 amide bonds. The highest BCUT2D eigenvalue weighted by molar-refractivity contribution is 7.13. The van der Waals surface area contributed by atoms with Crippen molar-refractivity contribution in [1.82, 2.24) is 9.55 Å². The predicted molar refractivity (Wildman–Crippen MR) is 127 cm³/mol. The van der Waals surface area contributed by atoms with Gasteiger partial charge in [0.15, 0.2) is 5.69 Å². The summed E-state index contributed by atoms with van der Waals surface area (Å²) in [7, 11) is 0. The fourth-order valence-corrected chi connectivity index (χ4v) is 4.33. The van der Waals surface area contributed by atoms with E-state index in [0.29, 0.717) is 17.4 Å². The third-order valence-corrected chi connectivity index (χ3v) is 6.01. The van der Waals surface area contributed by atoms with Crippen molar-refractivity contribution in [2.45, 2.75) is 13.5 Å². The van der Waals surface area contributed by atoms with Gasteiger partial charge in [-0.05, 0) is 61.0 Å². The van der Waals surface area contributed by atoms with Gasteiger partial charge in [-0.15, -0.1) is 21.6 Å². The van der Waals surface area contributed by atoms with Crippen molar-refractivity contribution >= 4 is 33.1 Å². The average molecular weight is 459 g/mol. The molecule has 8 heteroatoms. The van der Waals surface area contributed by atoms with E-state index in [1.807, 2.05) is 36.6 Å². The molecule has 0 radical (unpaired) electrons. The Morgan fingerprint density at radius 3 is 2.61 bits per heavy atom.